The quantitative estimate of drug-likeness (QED) is 0.735. The zero-order valence-electron chi connectivity index (χ0n) is 13.3. The van der Waals surface area contributed by atoms with Gasteiger partial charge in [0.1, 0.15) is 17.1 Å². The molecule has 1 fully saturated rings. The van der Waals surface area contributed by atoms with E-state index in [2.05, 4.69) is 34.1 Å². The van der Waals surface area contributed by atoms with Crippen molar-refractivity contribution in [2.24, 2.45) is 0 Å². The van der Waals surface area contributed by atoms with Crippen molar-refractivity contribution in [3.8, 4) is 0 Å². The van der Waals surface area contributed by atoms with E-state index in [1.165, 1.54) is 11.8 Å². The van der Waals surface area contributed by atoms with Crippen LogP contribution in [-0.4, -0.2) is 36.0 Å². The minimum atomic E-state index is 0.892. The zero-order valence-corrected chi connectivity index (χ0v) is 13.3. The van der Waals surface area contributed by atoms with Gasteiger partial charge in [-0.1, -0.05) is 18.2 Å². The Bertz CT molecular complexity index is 715. The molecule has 0 atom stereocenters. The predicted octanol–water partition coefficient (Wildman–Crippen LogP) is 3.73. The summed E-state index contributed by atoms with van der Waals surface area (Å²) in [5, 5.41) is 1.19. The summed E-state index contributed by atoms with van der Waals surface area (Å²) in [6, 6.07) is 14.4. The second kappa shape index (κ2) is 6.60. The van der Waals surface area contributed by atoms with Gasteiger partial charge in [-0.2, -0.15) is 0 Å². The lowest BCUT2D eigenvalue weighted by atomic mass is 10.2. The topological polar surface area (TPSA) is 32.8 Å². The molecular formula is C19H22N2O2. The van der Waals surface area contributed by atoms with E-state index in [0.29, 0.717) is 0 Å². The number of benzene rings is 1. The Morgan fingerprint density at radius 2 is 1.61 bits per heavy atom. The number of furan rings is 2. The first-order valence-electron chi connectivity index (χ1n) is 8.31. The van der Waals surface area contributed by atoms with Crippen molar-refractivity contribution in [3.63, 3.8) is 0 Å². The van der Waals surface area contributed by atoms with E-state index in [9.17, 15) is 0 Å². The molecule has 4 nitrogen and oxygen atoms in total. The molecule has 1 saturated heterocycles. The molecule has 3 heterocycles. The molecule has 1 aromatic carbocycles. The van der Waals surface area contributed by atoms with Crippen LogP contribution in [0.3, 0.4) is 0 Å². The maximum Gasteiger partial charge on any atom is 0.134 e. The first-order valence-corrected chi connectivity index (χ1v) is 8.31. The van der Waals surface area contributed by atoms with Crippen molar-refractivity contribution < 1.29 is 8.83 Å². The molecule has 0 spiro atoms. The normalized spacial score (nSPS) is 17.6. The highest BCUT2D eigenvalue weighted by Crippen LogP contribution is 2.20. The molecule has 0 amide bonds. The summed E-state index contributed by atoms with van der Waals surface area (Å²) >= 11 is 0. The molecule has 0 saturated carbocycles. The third-order valence-electron chi connectivity index (χ3n) is 4.50. The van der Waals surface area contributed by atoms with Gasteiger partial charge >= 0.3 is 0 Å². The zero-order chi connectivity index (χ0) is 15.5. The fourth-order valence-corrected chi connectivity index (χ4v) is 3.30. The molecule has 3 aromatic rings. The van der Waals surface area contributed by atoms with Gasteiger partial charge in [-0.25, -0.2) is 0 Å². The Balaban J connectivity index is 1.36. The highest BCUT2D eigenvalue weighted by molar-refractivity contribution is 5.77. The van der Waals surface area contributed by atoms with Gasteiger partial charge in [0, 0.05) is 18.5 Å². The Kier molecular flexibility index (Phi) is 4.18. The monoisotopic (exact) mass is 310 g/mol. The van der Waals surface area contributed by atoms with Crippen LogP contribution >= 0.6 is 0 Å². The number of nitrogens with zero attached hydrogens (tertiary/aromatic N) is 2. The van der Waals surface area contributed by atoms with E-state index in [0.717, 1.165) is 56.4 Å². The van der Waals surface area contributed by atoms with Crippen LogP contribution in [-0.2, 0) is 13.1 Å². The van der Waals surface area contributed by atoms with Crippen LogP contribution in [0.25, 0.3) is 11.0 Å². The van der Waals surface area contributed by atoms with E-state index in [1.54, 1.807) is 6.26 Å². The number of fused-ring (bicyclic) bond motifs is 1. The second-order valence-electron chi connectivity index (χ2n) is 6.24. The molecule has 23 heavy (non-hydrogen) atoms. The molecule has 1 aliphatic rings. The number of hydrogen-bond acceptors (Lipinski definition) is 4. The lowest BCUT2D eigenvalue weighted by Gasteiger charge is -2.20. The molecule has 0 unspecified atom stereocenters. The molecule has 1 aliphatic heterocycles. The highest BCUT2D eigenvalue weighted by Gasteiger charge is 2.17. The van der Waals surface area contributed by atoms with E-state index < -0.39 is 0 Å². The molecule has 4 heteroatoms. The van der Waals surface area contributed by atoms with Crippen LogP contribution in [0.5, 0.6) is 0 Å². The van der Waals surface area contributed by atoms with E-state index in [1.807, 2.05) is 18.2 Å². The Labute approximate surface area is 136 Å². The fraction of sp³-hybridized carbons (Fsp3) is 0.368. The number of hydrogen-bond donors (Lipinski definition) is 0. The molecule has 0 radical (unpaired) electrons. The van der Waals surface area contributed by atoms with E-state index in [-0.39, 0.29) is 0 Å². The maximum absolute atomic E-state index is 5.95. The standard InChI is InChI=1S/C19H22N2O2/c1-2-7-19-16(5-1)13-18(23-19)15-21-9-4-8-20(10-11-21)14-17-6-3-12-22-17/h1-3,5-7,12-13H,4,8-11,14-15H2. The van der Waals surface area contributed by atoms with Gasteiger partial charge in [0.2, 0.25) is 0 Å². The SMILES string of the molecule is c1coc(CN2CCCN(Cc3cc4ccccc4o3)CC2)c1. The Morgan fingerprint density at radius 3 is 2.35 bits per heavy atom. The molecule has 4 rings (SSSR count). The Hall–Kier alpha value is -2.04. The molecule has 2 aromatic heterocycles. The van der Waals surface area contributed by atoms with Gasteiger partial charge in [-0.15, -0.1) is 0 Å². The van der Waals surface area contributed by atoms with Crippen LogP contribution in [0.4, 0.5) is 0 Å². The molecule has 0 aliphatic carbocycles. The van der Waals surface area contributed by atoms with Crippen LogP contribution in [0.1, 0.15) is 17.9 Å². The molecule has 0 bridgehead atoms. The molecular weight excluding hydrogens is 288 g/mol. The van der Waals surface area contributed by atoms with Crippen LogP contribution in [0.15, 0.2) is 57.6 Å². The van der Waals surface area contributed by atoms with E-state index >= 15 is 0 Å². The summed E-state index contributed by atoms with van der Waals surface area (Å²) in [6.45, 7) is 6.18. The van der Waals surface area contributed by atoms with Gasteiger partial charge in [0.25, 0.3) is 0 Å². The maximum atomic E-state index is 5.95. The van der Waals surface area contributed by atoms with Crippen LogP contribution in [0, 0.1) is 0 Å². The summed E-state index contributed by atoms with van der Waals surface area (Å²) in [6.07, 6.45) is 2.93. The third-order valence-corrected chi connectivity index (χ3v) is 4.50. The van der Waals surface area contributed by atoms with Crippen LogP contribution < -0.4 is 0 Å². The molecule has 120 valence electrons. The van der Waals surface area contributed by atoms with Crippen LogP contribution in [0.2, 0.25) is 0 Å². The van der Waals surface area contributed by atoms with Crippen molar-refractivity contribution >= 4 is 11.0 Å². The van der Waals surface area contributed by atoms with Crippen molar-refractivity contribution in [2.45, 2.75) is 19.5 Å². The van der Waals surface area contributed by atoms with E-state index in [4.69, 9.17) is 8.83 Å². The van der Waals surface area contributed by atoms with Gasteiger partial charge in [0.15, 0.2) is 0 Å². The van der Waals surface area contributed by atoms with Crippen molar-refractivity contribution in [3.05, 3.63) is 60.2 Å². The summed E-state index contributed by atoms with van der Waals surface area (Å²) in [7, 11) is 0. The molecule has 0 N–H and O–H groups in total. The summed E-state index contributed by atoms with van der Waals surface area (Å²) in [4.78, 5) is 4.96. The first kappa shape index (κ1) is 14.5. The lowest BCUT2D eigenvalue weighted by molar-refractivity contribution is 0.227. The van der Waals surface area contributed by atoms with Gasteiger partial charge in [-0.3, -0.25) is 9.80 Å². The average molecular weight is 310 g/mol. The van der Waals surface area contributed by atoms with Gasteiger partial charge in [-0.05, 0) is 43.8 Å². The minimum Gasteiger partial charge on any atom is -0.468 e. The Morgan fingerprint density at radius 1 is 0.826 bits per heavy atom. The lowest BCUT2D eigenvalue weighted by Crippen LogP contribution is -2.30. The summed E-state index contributed by atoms with van der Waals surface area (Å²) in [5.74, 6) is 2.11. The van der Waals surface area contributed by atoms with Gasteiger partial charge in [0.05, 0.1) is 19.4 Å². The average Bonchev–Trinajstić information content (AvgIpc) is 3.15. The summed E-state index contributed by atoms with van der Waals surface area (Å²) < 4.78 is 11.4. The predicted molar refractivity (Wildman–Crippen MR) is 90.1 cm³/mol. The summed E-state index contributed by atoms with van der Waals surface area (Å²) in [5.41, 5.74) is 0.983. The third kappa shape index (κ3) is 3.49. The van der Waals surface area contributed by atoms with Gasteiger partial charge < -0.3 is 8.83 Å². The number of rotatable bonds is 4. The van der Waals surface area contributed by atoms with Crippen molar-refractivity contribution in [1.82, 2.24) is 9.80 Å². The fourth-order valence-electron chi connectivity index (χ4n) is 3.30. The minimum absolute atomic E-state index is 0.892. The first-order chi connectivity index (χ1) is 11.4. The highest BCUT2D eigenvalue weighted by atomic mass is 16.3. The largest absolute Gasteiger partial charge is 0.468 e. The van der Waals surface area contributed by atoms with Crippen molar-refractivity contribution in [1.29, 1.82) is 0 Å². The number of para-hydroxylation sites is 1. The second-order valence-corrected chi connectivity index (χ2v) is 6.24. The smallest absolute Gasteiger partial charge is 0.134 e. The van der Waals surface area contributed by atoms with Crippen molar-refractivity contribution in [2.75, 3.05) is 26.2 Å².